The lowest BCUT2D eigenvalue weighted by molar-refractivity contribution is 0.929. The summed E-state index contributed by atoms with van der Waals surface area (Å²) in [7, 11) is 0. The summed E-state index contributed by atoms with van der Waals surface area (Å²) in [6, 6.07) is 8.94. The van der Waals surface area contributed by atoms with Gasteiger partial charge < -0.3 is 0 Å². The van der Waals surface area contributed by atoms with Gasteiger partial charge in [0.25, 0.3) is 0 Å². The van der Waals surface area contributed by atoms with E-state index in [0.29, 0.717) is 0 Å². The van der Waals surface area contributed by atoms with Crippen molar-refractivity contribution < 1.29 is 0 Å². The van der Waals surface area contributed by atoms with Crippen molar-refractivity contribution in [3.63, 3.8) is 0 Å². The standard InChI is InChI=1S/C17H21N/c1-12-5-6-13(2)17(9-12)8-7-16-10-14(3)15(4)18-11-16/h5-6,9-11H,7-8H2,1-4H3. The van der Waals surface area contributed by atoms with Gasteiger partial charge in [0.05, 0.1) is 0 Å². The quantitative estimate of drug-likeness (QED) is 0.785. The lowest BCUT2D eigenvalue weighted by Crippen LogP contribution is -1.97. The third-order valence-electron chi connectivity index (χ3n) is 3.58. The van der Waals surface area contributed by atoms with E-state index in [2.05, 4.69) is 56.9 Å². The van der Waals surface area contributed by atoms with Gasteiger partial charge in [-0.15, -0.1) is 0 Å². The summed E-state index contributed by atoms with van der Waals surface area (Å²) in [4.78, 5) is 4.43. The Morgan fingerprint density at radius 3 is 2.39 bits per heavy atom. The molecule has 0 radical (unpaired) electrons. The fraction of sp³-hybridized carbons (Fsp3) is 0.353. The van der Waals surface area contributed by atoms with Crippen LogP contribution in [0.3, 0.4) is 0 Å². The van der Waals surface area contributed by atoms with Gasteiger partial charge in [0, 0.05) is 11.9 Å². The molecular weight excluding hydrogens is 218 g/mol. The van der Waals surface area contributed by atoms with Crippen molar-refractivity contribution >= 4 is 0 Å². The molecule has 1 nitrogen and oxygen atoms in total. The number of nitrogens with zero attached hydrogens (tertiary/aromatic N) is 1. The van der Waals surface area contributed by atoms with E-state index in [9.17, 15) is 0 Å². The molecule has 0 fully saturated rings. The number of rotatable bonds is 3. The van der Waals surface area contributed by atoms with Gasteiger partial charge in [-0.3, -0.25) is 4.98 Å². The van der Waals surface area contributed by atoms with Gasteiger partial charge in [0.2, 0.25) is 0 Å². The van der Waals surface area contributed by atoms with Crippen molar-refractivity contribution in [3.8, 4) is 0 Å². The van der Waals surface area contributed by atoms with Crippen LogP contribution in [0.1, 0.15) is 33.5 Å². The molecule has 0 bridgehead atoms. The van der Waals surface area contributed by atoms with Gasteiger partial charge in [-0.25, -0.2) is 0 Å². The highest BCUT2D eigenvalue weighted by Gasteiger charge is 2.02. The monoisotopic (exact) mass is 239 g/mol. The van der Waals surface area contributed by atoms with Gasteiger partial charge in [0.1, 0.15) is 0 Å². The Labute approximate surface area is 110 Å². The molecule has 0 aliphatic rings. The molecule has 2 aromatic rings. The number of aromatic nitrogens is 1. The lowest BCUT2D eigenvalue weighted by Gasteiger charge is -2.08. The number of hydrogen-bond donors (Lipinski definition) is 0. The maximum absolute atomic E-state index is 4.43. The first-order valence-corrected chi connectivity index (χ1v) is 6.54. The van der Waals surface area contributed by atoms with Crippen LogP contribution >= 0.6 is 0 Å². The second-order valence-corrected chi connectivity index (χ2v) is 5.18. The van der Waals surface area contributed by atoms with Crippen molar-refractivity contribution in [2.45, 2.75) is 40.5 Å². The van der Waals surface area contributed by atoms with Crippen LogP contribution in [0.15, 0.2) is 30.5 Å². The molecule has 0 N–H and O–H groups in total. The van der Waals surface area contributed by atoms with Crippen molar-refractivity contribution in [2.24, 2.45) is 0 Å². The molecule has 0 amide bonds. The molecule has 0 saturated carbocycles. The molecular formula is C17H21N. The molecule has 0 unspecified atom stereocenters. The molecule has 1 aromatic heterocycles. The number of benzene rings is 1. The van der Waals surface area contributed by atoms with E-state index in [-0.39, 0.29) is 0 Å². The van der Waals surface area contributed by atoms with Crippen LogP contribution in [0.5, 0.6) is 0 Å². The highest BCUT2D eigenvalue weighted by atomic mass is 14.7. The molecule has 0 atom stereocenters. The number of pyridine rings is 1. The minimum Gasteiger partial charge on any atom is -0.261 e. The smallest absolute Gasteiger partial charge is 0.0401 e. The average molecular weight is 239 g/mol. The summed E-state index contributed by atoms with van der Waals surface area (Å²) < 4.78 is 0. The molecule has 1 heterocycles. The predicted octanol–water partition coefficient (Wildman–Crippen LogP) is 4.10. The van der Waals surface area contributed by atoms with E-state index in [1.54, 1.807) is 0 Å². The Hall–Kier alpha value is -1.63. The fourth-order valence-electron chi connectivity index (χ4n) is 2.19. The van der Waals surface area contributed by atoms with E-state index in [0.717, 1.165) is 18.5 Å². The van der Waals surface area contributed by atoms with E-state index >= 15 is 0 Å². The summed E-state index contributed by atoms with van der Waals surface area (Å²) in [5.41, 5.74) is 7.93. The molecule has 2 rings (SSSR count). The number of aryl methyl sites for hydroxylation is 6. The second-order valence-electron chi connectivity index (χ2n) is 5.18. The minimum atomic E-state index is 1.07. The van der Waals surface area contributed by atoms with Crippen LogP contribution in [0.2, 0.25) is 0 Å². The van der Waals surface area contributed by atoms with Gasteiger partial charge in [-0.05, 0) is 62.8 Å². The summed E-state index contributed by atoms with van der Waals surface area (Å²) >= 11 is 0. The largest absolute Gasteiger partial charge is 0.261 e. The molecule has 0 aliphatic heterocycles. The average Bonchev–Trinajstić information content (AvgIpc) is 2.34. The van der Waals surface area contributed by atoms with Crippen LogP contribution in [-0.4, -0.2) is 4.98 Å². The summed E-state index contributed by atoms with van der Waals surface area (Å²) in [5.74, 6) is 0. The molecule has 1 heteroatoms. The van der Waals surface area contributed by atoms with Crippen LogP contribution in [-0.2, 0) is 12.8 Å². The first-order chi connectivity index (χ1) is 8.56. The Bertz CT molecular complexity index is 556. The van der Waals surface area contributed by atoms with E-state index in [1.807, 2.05) is 6.20 Å². The fourth-order valence-corrected chi connectivity index (χ4v) is 2.19. The highest BCUT2D eigenvalue weighted by Crippen LogP contribution is 2.15. The zero-order valence-electron chi connectivity index (χ0n) is 11.7. The highest BCUT2D eigenvalue weighted by molar-refractivity contribution is 5.32. The molecule has 0 spiro atoms. The van der Waals surface area contributed by atoms with Crippen molar-refractivity contribution in [3.05, 3.63) is 64.0 Å². The van der Waals surface area contributed by atoms with Crippen LogP contribution in [0.4, 0.5) is 0 Å². The van der Waals surface area contributed by atoms with Gasteiger partial charge in [-0.2, -0.15) is 0 Å². The maximum atomic E-state index is 4.43. The van der Waals surface area contributed by atoms with Gasteiger partial charge in [-0.1, -0.05) is 29.8 Å². The maximum Gasteiger partial charge on any atom is 0.0401 e. The van der Waals surface area contributed by atoms with Crippen molar-refractivity contribution in [2.75, 3.05) is 0 Å². The molecule has 18 heavy (non-hydrogen) atoms. The molecule has 0 aliphatic carbocycles. The Balaban J connectivity index is 2.11. The minimum absolute atomic E-state index is 1.07. The zero-order chi connectivity index (χ0) is 13.1. The SMILES string of the molecule is Cc1ccc(C)c(CCc2cnc(C)c(C)c2)c1. The van der Waals surface area contributed by atoms with Crippen LogP contribution < -0.4 is 0 Å². The van der Waals surface area contributed by atoms with E-state index in [4.69, 9.17) is 0 Å². The summed E-state index contributed by atoms with van der Waals surface area (Å²) in [6.45, 7) is 8.53. The molecule has 1 aromatic carbocycles. The zero-order valence-corrected chi connectivity index (χ0v) is 11.7. The third kappa shape index (κ3) is 2.98. The first kappa shape index (κ1) is 12.8. The second kappa shape index (κ2) is 5.34. The predicted molar refractivity (Wildman–Crippen MR) is 77.0 cm³/mol. The number of hydrogen-bond acceptors (Lipinski definition) is 1. The molecule has 94 valence electrons. The van der Waals surface area contributed by atoms with Crippen LogP contribution in [0.25, 0.3) is 0 Å². The van der Waals surface area contributed by atoms with Crippen molar-refractivity contribution in [1.29, 1.82) is 0 Å². The van der Waals surface area contributed by atoms with Crippen molar-refractivity contribution in [1.82, 2.24) is 4.98 Å². The van der Waals surface area contributed by atoms with Crippen LogP contribution in [0, 0.1) is 27.7 Å². The van der Waals surface area contributed by atoms with E-state index in [1.165, 1.54) is 27.8 Å². The third-order valence-corrected chi connectivity index (χ3v) is 3.58. The van der Waals surface area contributed by atoms with E-state index < -0.39 is 0 Å². The van der Waals surface area contributed by atoms with Gasteiger partial charge in [0.15, 0.2) is 0 Å². The molecule has 0 saturated heterocycles. The lowest BCUT2D eigenvalue weighted by atomic mass is 9.99. The summed E-state index contributed by atoms with van der Waals surface area (Å²) in [5, 5.41) is 0. The Kier molecular flexibility index (Phi) is 3.81. The Morgan fingerprint density at radius 2 is 1.67 bits per heavy atom. The first-order valence-electron chi connectivity index (χ1n) is 6.54. The van der Waals surface area contributed by atoms with Gasteiger partial charge >= 0.3 is 0 Å². The topological polar surface area (TPSA) is 12.9 Å². The summed E-state index contributed by atoms with van der Waals surface area (Å²) in [6.07, 6.45) is 4.17. The Morgan fingerprint density at radius 1 is 0.889 bits per heavy atom. The normalized spacial score (nSPS) is 10.7.